The van der Waals surface area contributed by atoms with Gasteiger partial charge in [-0.25, -0.2) is 14.0 Å². The van der Waals surface area contributed by atoms with Crippen molar-refractivity contribution in [1.29, 1.82) is 0 Å². The van der Waals surface area contributed by atoms with Crippen LogP contribution in [0, 0.1) is 9.39 Å². The van der Waals surface area contributed by atoms with E-state index in [2.05, 4.69) is 19.4 Å². The molecule has 0 saturated carbocycles. The van der Waals surface area contributed by atoms with Gasteiger partial charge >= 0.3 is 11.9 Å². The Morgan fingerprint density at radius 2 is 1.46 bits per heavy atom. The van der Waals surface area contributed by atoms with E-state index in [1.54, 1.807) is 12.3 Å². The fraction of sp³-hybridized carbons (Fsp3) is 0.125. The van der Waals surface area contributed by atoms with Crippen LogP contribution in [0.1, 0.15) is 21.0 Å². The van der Waals surface area contributed by atoms with Gasteiger partial charge in [0.2, 0.25) is 0 Å². The lowest BCUT2D eigenvalue weighted by Gasteiger charge is -1.94. The monoisotopic (exact) mass is 474 g/mol. The van der Waals surface area contributed by atoms with Gasteiger partial charge in [-0.1, -0.05) is 0 Å². The van der Waals surface area contributed by atoms with Gasteiger partial charge in [-0.15, -0.1) is 0 Å². The van der Waals surface area contributed by atoms with Crippen molar-refractivity contribution in [3.63, 3.8) is 0 Å². The first-order chi connectivity index (χ1) is 12.5. The van der Waals surface area contributed by atoms with E-state index < -0.39 is 11.8 Å². The van der Waals surface area contributed by atoms with Crippen molar-refractivity contribution in [3.8, 4) is 0 Å². The molecule has 136 valence electrons. The van der Waals surface area contributed by atoms with Crippen LogP contribution in [-0.2, 0) is 9.47 Å². The summed E-state index contributed by atoms with van der Waals surface area (Å²) in [7, 11) is 2.53. The number of furan rings is 2. The predicted octanol–water partition coefficient (Wildman–Crippen LogP) is 3.84. The average molecular weight is 474 g/mol. The zero-order valence-electron chi connectivity index (χ0n) is 13.5. The lowest BCUT2D eigenvalue weighted by atomic mass is 10.4. The summed E-state index contributed by atoms with van der Waals surface area (Å²) in [4.78, 5) is 27.6. The molecule has 0 bridgehead atoms. The summed E-state index contributed by atoms with van der Waals surface area (Å²) < 4.78 is 33.0. The normalized spacial score (nSPS) is 10.6. The number of hydrogen-bond donors (Lipinski definition) is 2. The molecule has 0 amide bonds. The Morgan fingerprint density at radius 3 is 2.00 bits per heavy atom. The van der Waals surface area contributed by atoms with Crippen LogP contribution in [0.15, 0.2) is 33.5 Å². The van der Waals surface area contributed by atoms with Crippen molar-refractivity contribution in [3.05, 3.63) is 45.4 Å². The van der Waals surface area contributed by atoms with Crippen LogP contribution in [0.5, 0.6) is 0 Å². The van der Waals surface area contributed by atoms with Crippen molar-refractivity contribution in [2.24, 2.45) is 0 Å². The Kier molecular flexibility index (Phi) is 5.02. The van der Waals surface area contributed by atoms with Crippen LogP contribution >= 0.6 is 22.6 Å². The molecule has 0 saturated heterocycles. The molecular weight excluding hydrogens is 462 g/mol. The molecule has 8 nitrogen and oxygen atoms in total. The van der Waals surface area contributed by atoms with Gasteiger partial charge in [-0.2, -0.15) is 0 Å². The van der Waals surface area contributed by atoms with Gasteiger partial charge in [0.25, 0.3) is 0 Å². The van der Waals surface area contributed by atoms with E-state index >= 15 is 0 Å². The highest BCUT2D eigenvalue weighted by molar-refractivity contribution is 14.1. The third kappa shape index (κ3) is 3.07. The van der Waals surface area contributed by atoms with E-state index in [1.807, 2.05) is 22.6 Å². The fourth-order valence-corrected chi connectivity index (χ4v) is 3.02. The number of aromatic nitrogens is 2. The molecule has 2 N–H and O–H groups in total. The molecular formula is C16H12FIN2O6. The van der Waals surface area contributed by atoms with Gasteiger partial charge in [-0.3, -0.25) is 0 Å². The predicted molar refractivity (Wildman–Crippen MR) is 96.5 cm³/mol. The van der Waals surface area contributed by atoms with Gasteiger partial charge < -0.3 is 28.3 Å². The number of carbonyl (C=O) groups is 2. The molecule has 0 spiro atoms. The summed E-state index contributed by atoms with van der Waals surface area (Å²) in [5.41, 5.74) is 2.22. The van der Waals surface area contributed by atoms with Gasteiger partial charge in [-0.05, 0) is 22.6 Å². The van der Waals surface area contributed by atoms with Crippen molar-refractivity contribution >= 4 is 56.7 Å². The Morgan fingerprint density at radius 1 is 0.962 bits per heavy atom. The zero-order chi connectivity index (χ0) is 18.8. The first kappa shape index (κ1) is 18.0. The number of halogens is 2. The number of H-pyrrole nitrogens is 2. The standard InChI is InChI=1S/C8H6FNO3.C8H6INO3/c2*1-12-8(11)6-5(9)7-4(10-6)2-3-13-7/h2*2-3,10H,1H3. The number of methoxy groups -OCH3 is 2. The molecule has 0 aliphatic carbocycles. The maximum Gasteiger partial charge on any atom is 0.357 e. The second-order valence-corrected chi connectivity index (χ2v) is 6.02. The second-order valence-electron chi connectivity index (χ2n) is 4.94. The molecule has 0 radical (unpaired) electrons. The number of fused-ring (bicyclic) bond motifs is 2. The molecule has 0 fully saturated rings. The summed E-state index contributed by atoms with van der Waals surface area (Å²) >= 11 is 2.04. The van der Waals surface area contributed by atoms with Crippen molar-refractivity contribution in [2.45, 2.75) is 0 Å². The van der Waals surface area contributed by atoms with Gasteiger partial charge in [0.1, 0.15) is 5.69 Å². The molecule has 0 unspecified atom stereocenters. The van der Waals surface area contributed by atoms with E-state index in [4.69, 9.17) is 8.83 Å². The molecule has 0 atom stereocenters. The van der Waals surface area contributed by atoms with E-state index in [1.165, 1.54) is 26.5 Å². The summed E-state index contributed by atoms with van der Waals surface area (Å²) in [6.07, 6.45) is 2.91. The molecule has 0 aromatic carbocycles. The SMILES string of the molecule is COC(=O)c1[nH]c2ccoc2c1F.COC(=O)c1[nH]c2ccoc2c1I. The Labute approximate surface area is 158 Å². The van der Waals surface area contributed by atoms with E-state index in [9.17, 15) is 14.0 Å². The molecule has 4 aromatic rings. The molecule has 10 heteroatoms. The molecule has 0 aliphatic rings. The summed E-state index contributed by atoms with van der Waals surface area (Å²) in [5, 5.41) is 0. The number of rotatable bonds is 2. The third-order valence-corrected chi connectivity index (χ3v) is 4.50. The van der Waals surface area contributed by atoms with E-state index in [-0.39, 0.29) is 17.2 Å². The topological polar surface area (TPSA) is 110 Å². The van der Waals surface area contributed by atoms with Crippen molar-refractivity contribution in [1.82, 2.24) is 9.97 Å². The molecule has 4 aromatic heterocycles. The number of ether oxygens (including phenoxy) is 2. The minimum absolute atomic E-state index is 0.0420. The maximum absolute atomic E-state index is 13.3. The van der Waals surface area contributed by atoms with Crippen LogP contribution in [0.2, 0.25) is 0 Å². The highest BCUT2D eigenvalue weighted by Gasteiger charge is 2.20. The number of hydrogen-bond acceptors (Lipinski definition) is 6. The quantitative estimate of drug-likeness (QED) is 0.338. The highest BCUT2D eigenvalue weighted by Crippen LogP contribution is 2.25. The number of nitrogens with one attached hydrogen (secondary N) is 2. The van der Waals surface area contributed by atoms with E-state index in [0.717, 1.165) is 9.09 Å². The van der Waals surface area contributed by atoms with Gasteiger partial charge in [0.05, 0.1) is 41.3 Å². The van der Waals surface area contributed by atoms with Crippen molar-refractivity contribution < 1.29 is 32.3 Å². The van der Waals surface area contributed by atoms with Crippen LogP contribution in [-0.4, -0.2) is 36.1 Å². The van der Waals surface area contributed by atoms with Crippen molar-refractivity contribution in [2.75, 3.05) is 14.2 Å². The molecule has 4 heterocycles. The first-order valence-electron chi connectivity index (χ1n) is 7.13. The molecule has 0 aliphatic heterocycles. The fourth-order valence-electron chi connectivity index (χ4n) is 2.25. The van der Waals surface area contributed by atoms with Gasteiger partial charge in [0, 0.05) is 12.1 Å². The highest BCUT2D eigenvalue weighted by atomic mass is 127. The van der Waals surface area contributed by atoms with Crippen LogP contribution in [0.25, 0.3) is 22.2 Å². The molecule has 4 rings (SSSR count). The lowest BCUT2D eigenvalue weighted by Crippen LogP contribution is -2.03. The largest absolute Gasteiger partial charge is 0.464 e. The summed E-state index contributed by atoms with van der Waals surface area (Å²) in [6.45, 7) is 0. The van der Waals surface area contributed by atoms with Crippen LogP contribution < -0.4 is 0 Å². The zero-order valence-corrected chi connectivity index (χ0v) is 15.7. The third-order valence-electron chi connectivity index (χ3n) is 3.47. The smallest absolute Gasteiger partial charge is 0.357 e. The minimum atomic E-state index is -0.746. The van der Waals surface area contributed by atoms with Crippen LogP contribution in [0.4, 0.5) is 4.39 Å². The average Bonchev–Trinajstić information content (AvgIpc) is 3.39. The minimum Gasteiger partial charge on any atom is -0.464 e. The lowest BCUT2D eigenvalue weighted by molar-refractivity contribution is 0.0582. The Hall–Kier alpha value is -2.76. The number of esters is 2. The van der Waals surface area contributed by atoms with E-state index in [0.29, 0.717) is 16.8 Å². The summed E-state index contributed by atoms with van der Waals surface area (Å²) in [5.74, 6) is -1.84. The Balaban J connectivity index is 0.000000151. The number of aromatic amines is 2. The van der Waals surface area contributed by atoms with Crippen LogP contribution in [0.3, 0.4) is 0 Å². The molecule has 26 heavy (non-hydrogen) atoms. The summed E-state index contributed by atoms with van der Waals surface area (Å²) in [6, 6.07) is 3.30. The first-order valence-corrected chi connectivity index (χ1v) is 8.21. The maximum atomic E-state index is 13.3. The van der Waals surface area contributed by atoms with Gasteiger partial charge in [0.15, 0.2) is 22.7 Å². The second kappa shape index (κ2) is 7.23. The Bertz CT molecular complexity index is 1000. The number of carbonyl (C=O) groups excluding carboxylic acids is 2.